The molecule has 0 saturated carbocycles. The number of benzene rings is 1. The van der Waals surface area contributed by atoms with Crippen molar-refractivity contribution in [3.05, 3.63) is 42.5 Å². The molecule has 136 valence electrons. The maximum atomic E-state index is 12.5. The molecule has 0 aliphatic carbocycles. The molecule has 1 aromatic heterocycles. The maximum Gasteiger partial charge on any atom is 0.243 e. The molecule has 8 nitrogen and oxygen atoms in total. The number of carbonyl (C=O) groups is 1. The van der Waals surface area contributed by atoms with E-state index >= 15 is 0 Å². The highest BCUT2D eigenvalue weighted by atomic mass is 32.2. The summed E-state index contributed by atoms with van der Waals surface area (Å²) in [6.07, 6.45) is 4.13. The number of hydrogen-bond acceptors (Lipinski definition) is 5. The first-order valence-corrected chi connectivity index (χ1v) is 9.63. The Morgan fingerprint density at radius 1 is 1.24 bits per heavy atom. The van der Waals surface area contributed by atoms with E-state index in [1.165, 1.54) is 6.33 Å². The van der Waals surface area contributed by atoms with Crippen molar-refractivity contribution in [2.45, 2.75) is 33.4 Å². The van der Waals surface area contributed by atoms with Crippen molar-refractivity contribution < 1.29 is 13.2 Å². The van der Waals surface area contributed by atoms with Gasteiger partial charge in [0.15, 0.2) is 0 Å². The lowest BCUT2D eigenvalue weighted by Crippen LogP contribution is -2.51. The first-order chi connectivity index (χ1) is 11.5. The lowest BCUT2D eigenvalue weighted by molar-refractivity contribution is -0.119. The predicted octanol–water partition coefficient (Wildman–Crippen LogP) is 1.23. The number of nitrogens with one attached hydrogen (secondary N) is 2. The van der Waals surface area contributed by atoms with Gasteiger partial charge in [-0.2, -0.15) is 5.10 Å². The van der Waals surface area contributed by atoms with Crippen molar-refractivity contribution in [3.63, 3.8) is 0 Å². The molecule has 2 rings (SSSR count). The SMILES string of the molecule is CC(C)(C)[C@H](NS(C)(=O)=O)C(=O)Nc1ccc(Cn2cncn2)cc1. The third kappa shape index (κ3) is 5.95. The van der Waals surface area contributed by atoms with Gasteiger partial charge in [-0.15, -0.1) is 0 Å². The average Bonchev–Trinajstić information content (AvgIpc) is 2.98. The van der Waals surface area contributed by atoms with Crippen LogP contribution in [0.1, 0.15) is 26.3 Å². The summed E-state index contributed by atoms with van der Waals surface area (Å²) in [6, 6.07) is 6.40. The van der Waals surface area contributed by atoms with Crippen molar-refractivity contribution in [2.75, 3.05) is 11.6 Å². The van der Waals surface area contributed by atoms with E-state index in [0.29, 0.717) is 12.2 Å². The monoisotopic (exact) mass is 365 g/mol. The molecule has 1 amide bonds. The van der Waals surface area contributed by atoms with Gasteiger partial charge in [-0.05, 0) is 23.1 Å². The number of nitrogens with zero attached hydrogens (tertiary/aromatic N) is 3. The smallest absolute Gasteiger partial charge is 0.243 e. The van der Waals surface area contributed by atoms with Gasteiger partial charge in [-0.3, -0.25) is 4.79 Å². The predicted molar refractivity (Wildman–Crippen MR) is 95.4 cm³/mol. The fraction of sp³-hybridized carbons (Fsp3) is 0.438. The number of amides is 1. The molecule has 9 heteroatoms. The molecule has 0 unspecified atom stereocenters. The summed E-state index contributed by atoms with van der Waals surface area (Å²) in [5, 5.41) is 6.79. The summed E-state index contributed by atoms with van der Waals surface area (Å²) in [7, 11) is -3.51. The van der Waals surface area contributed by atoms with Crippen LogP contribution in [-0.2, 0) is 21.4 Å². The van der Waals surface area contributed by atoms with E-state index in [0.717, 1.165) is 11.8 Å². The summed E-state index contributed by atoms with van der Waals surface area (Å²) < 4.78 is 27.2. The Morgan fingerprint density at radius 3 is 2.36 bits per heavy atom. The topological polar surface area (TPSA) is 106 Å². The van der Waals surface area contributed by atoms with Crippen LogP contribution >= 0.6 is 0 Å². The summed E-state index contributed by atoms with van der Waals surface area (Å²) in [4.78, 5) is 16.4. The van der Waals surface area contributed by atoms with Crippen molar-refractivity contribution in [1.29, 1.82) is 0 Å². The molecule has 1 aromatic carbocycles. The summed E-state index contributed by atoms with van der Waals surface area (Å²) in [5.41, 5.74) is 1.03. The number of rotatable bonds is 6. The van der Waals surface area contributed by atoms with Crippen LogP contribution in [0.15, 0.2) is 36.9 Å². The highest BCUT2D eigenvalue weighted by Gasteiger charge is 2.33. The second-order valence-corrected chi connectivity index (χ2v) is 8.75. The number of hydrogen-bond donors (Lipinski definition) is 2. The molecule has 0 aliphatic heterocycles. The van der Waals surface area contributed by atoms with Gasteiger partial charge in [0.25, 0.3) is 0 Å². The van der Waals surface area contributed by atoms with E-state index in [4.69, 9.17) is 0 Å². The maximum absolute atomic E-state index is 12.5. The second kappa shape index (κ2) is 7.32. The molecule has 0 fully saturated rings. The fourth-order valence-electron chi connectivity index (χ4n) is 2.25. The molecule has 0 radical (unpaired) electrons. The molecule has 0 saturated heterocycles. The van der Waals surface area contributed by atoms with Gasteiger partial charge in [0.2, 0.25) is 15.9 Å². The Bertz CT molecular complexity index is 808. The molecule has 1 atom stereocenters. The Balaban J connectivity index is 2.07. The quantitative estimate of drug-likeness (QED) is 0.801. The Hall–Kier alpha value is -2.26. The van der Waals surface area contributed by atoms with E-state index in [9.17, 15) is 13.2 Å². The van der Waals surface area contributed by atoms with Crippen LogP contribution in [0.5, 0.6) is 0 Å². The van der Waals surface area contributed by atoms with Crippen LogP contribution < -0.4 is 10.0 Å². The number of aromatic nitrogens is 3. The largest absolute Gasteiger partial charge is 0.325 e. The minimum absolute atomic E-state index is 0.401. The normalized spacial score (nSPS) is 13.4. The second-order valence-electron chi connectivity index (χ2n) is 6.97. The zero-order valence-electron chi connectivity index (χ0n) is 14.7. The summed E-state index contributed by atoms with van der Waals surface area (Å²) >= 11 is 0. The number of sulfonamides is 1. The highest BCUT2D eigenvalue weighted by molar-refractivity contribution is 7.88. The molecule has 0 spiro atoms. The third-order valence-corrected chi connectivity index (χ3v) is 4.16. The fourth-order valence-corrected chi connectivity index (χ4v) is 3.14. The summed E-state index contributed by atoms with van der Waals surface area (Å²) in [5.74, 6) is -0.401. The Labute approximate surface area is 147 Å². The minimum atomic E-state index is -3.51. The van der Waals surface area contributed by atoms with Crippen LogP contribution in [0, 0.1) is 5.41 Å². The van der Waals surface area contributed by atoms with E-state index in [-0.39, 0.29) is 0 Å². The van der Waals surface area contributed by atoms with E-state index in [1.54, 1.807) is 43.9 Å². The van der Waals surface area contributed by atoms with E-state index in [2.05, 4.69) is 20.1 Å². The van der Waals surface area contributed by atoms with Crippen LogP contribution in [0.2, 0.25) is 0 Å². The zero-order chi connectivity index (χ0) is 18.7. The molecular weight excluding hydrogens is 342 g/mol. The minimum Gasteiger partial charge on any atom is -0.325 e. The first-order valence-electron chi connectivity index (χ1n) is 7.74. The number of carbonyl (C=O) groups excluding carboxylic acids is 1. The van der Waals surface area contributed by atoms with Gasteiger partial charge >= 0.3 is 0 Å². The molecule has 2 aromatic rings. The molecule has 0 aliphatic rings. The van der Waals surface area contributed by atoms with Gasteiger partial charge in [-0.25, -0.2) is 22.8 Å². The Kier molecular flexibility index (Phi) is 5.58. The van der Waals surface area contributed by atoms with Crippen molar-refractivity contribution in [1.82, 2.24) is 19.5 Å². The van der Waals surface area contributed by atoms with Crippen LogP contribution in [-0.4, -0.2) is 41.4 Å². The number of anilines is 1. The lowest BCUT2D eigenvalue weighted by Gasteiger charge is -2.29. The van der Waals surface area contributed by atoms with Gasteiger partial charge in [0.1, 0.15) is 18.7 Å². The van der Waals surface area contributed by atoms with Crippen molar-refractivity contribution in [3.8, 4) is 0 Å². The molecule has 25 heavy (non-hydrogen) atoms. The first kappa shape index (κ1) is 19.1. The third-order valence-electron chi connectivity index (χ3n) is 3.49. The van der Waals surface area contributed by atoms with Crippen LogP contribution in [0.4, 0.5) is 5.69 Å². The van der Waals surface area contributed by atoms with Crippen LogP contribution in [0.3, 0.4) is 0 Å². The summed E-state index contributed by atoms with van der Waals surface area (Å²) in [6.45, 7) is 5.98. The highest BCUT2D eigenvalue weighted by Crippen LogP contribution is 2.22. The van der Waals surface area contributed by atoms with Gasteiger partial charge in [0, 0.05) is 5.69 Å². The van der Waals surface area contributed by atoms with Crippen LogP contribution in [0.25, 0.3) is 0 Å². The van der Waals surface area contributed by atoms with Crippen molar-refractivity contribution in [2.24, 2.45) is 5.41 Å². The van der Waals surface area contributed by atoms with E-state index in [1.807, 2.05) is 12.1 Å². The standard InChI is InChI=1S/C16H23N5O3S/c1-16(2,3)14(20-25(4,23)24)15(22)19-13-7-5-12(6-8-13)9-21-11-17-10-18-21/h5-8,10-11,14,20H,9H2,1-4H3,(H,19,22)/t14-/m1/s1. The Morgan fingerprint density at radius 2 is 1.88 bits per heavy atom. The van der Waals surface area contributed by atoms with Gasteiger partial charge in [-0.1, -0.05) is 32.9 Å². The average molecular weight is 365 g/mol. The van der Waals surface area contributed by atoms with Crippen molar-refractivity contribution >= 4 is 21.6 Å². The molecule has 2 N–H and O–H groups in total. The van der Waals surface area contributed by atoms with Gasteiger partial charge in [0.05, 0.1) is 12.8 Å². The molecule has 1 heterocycles. The molecule has 0 bridgehead atoms. The van der Waals surface area contributed by atoms with Gasteiger partial charge < -0.3 is 5.32 Å². The van der Waals surface area contributed by atoms with E-state index < -0.39 is 27.4 Å². The lowest BCUT2D eigenvalue weighted by atomic mass is 9.87. The zero-order valence-corrected chi connectivity index (χ0v) is 15.5. The molecular formula is C16H23N5O3S.